The van der Waals surface area contributed by atoms with Gasteiger partial charge in [-0.3, -0.25) is 0 Å². The van der Waals surface area contributed by atoms with Crippen molar-refractivity contribution in [3.63, 3.8) is 0 Å². The van der Waals surface area contributed by atoms with E-state index in [0.29, 0.717) is 0 Å². The van der Waals surface area contributed by atoms with Crippen LogP contribution in [0.25, 0.3) is 22.2 Å². The summed E-state index contributed by atoms with van der Waals surface area (Å²) in [6.07, 6.45) is 1.93. The number of nitrogens with zero attached hydrogens (tertiary/aromatic N) is 2. The number of hydrogen-bond acceptors (Lipinski definition) is 2. The highest BCUT2D eigenvalue weighted by Gasteiger charge is 2.11. The van der Waals surface area contributed by atoms with Crippen LogP contribution in [0, 0.1) is 0 Å². The zero-order valence-electron chi connectivity index (χ0n) is 13.6. The normalized spacial score (nSPS) is 10.9. The Morgan fingerprint density at radius 1 is 0.917 bits per heavy atom. The molecule has 0 amide bonds. The molecule has 0 aliphatic carbocycles. The molecule has 0 saturated carbocycles. The van der Waals surface area contributed by atoms with Gasteiger partial charge in [0.15, 0.2) is 0 Å². The van der Waals surface area contributed by atoms with Crippen molar-refractivity contribution in [2.24, 2.45) is 0 Å². The van der Waals surface area contributed by atoms with Crippen molar-refractivity contribution < 1.29 is 0 Å². The molecule has 24 heavy (non-hydrogen) atoms. The van der Waals surface area contributed by atoms with Crippen LogP contribution in [0.15, 0.2) is 79.1 Å². The van der Waals surface area contributed by atoms with Gasteiger partial charge < -0.3 is 9.88 Å². The lowest BCUT2D eigenvalue weighted by molar-refractivity contribution is 0.824. The molecule has 118 valence electrons. The molecule has 1 N–H and O–H groups in total. The summed E-state index contributed by atoms with van der Waals surface area (Å²) in [6, 6.07) is 25.2. The second-order valence-corrected chi connectivity index (χ2v) is 5.87. The zero-order valence-corrected chi connectivity index (χ0v) is 13.6. The number of aromatic nitrogens is 2. The molecule has 3 heteroatoms. The molecule has 0 spiro atoms. The zero-order chi connectivity index (χ0) is 16.4. The second-order valence-electron chi connectivity index (χ2n) is 5.87. The van der Waals surface area contributed by atoms with E-state index in [1.165, 1.54) is 11.1 Å². The van der Waals surface area contributed by atoms with E-state index < -0.39 is 0 Å². The van der Waals surface area contributed by atoms with Gasteiger partial charge in [0, 0.05) is 24.8 Å². The summed E-state index contributed by atoms with van der Waals surface area (Å²) in [6.45, 7) is 0.818. The molecule has 1 aromatic heterocycles. The van der Waals surface area contributed by atoms with Crippen LogP contribution >= 0.6 is 0 Å². The van der Waals surface area contributed by atoms with Crippen molar-refractivity contribution in [1.82, 2.24) is 9.55 Å². The molecule has 0 radical (unpaired) electrons. The number of rotatable bonds is 4. The van der Waals surface area contributed by atoms with Gasteiger partial charge in [0.25, 0.3) is 0 Å². The highest BCUT2D eigenvalue weighted by Crippen LogP contribution is 2.31. The van der Waals surface area contributed by atoms with E-state index in [1.54, 1.807) is 0 Å². The first-order chi connectivity index (χ1) is 11.8. The third kappa shape index (κ3) is 2.65. The predicted octanol–water partition coefficient (Wildman–Crippen LogP) is 4.79. The molecule has 0 aliphatic heterocycles. The number of imidazole rings is 1. The van der Waals surface area contributed by atoms with Crippen molar-refractivity contribution in [3.05, 3.63) is 84.7 Å². The van der Waals surface area contributed by atoms with Crippen LogP contribution in [-0.2, 0) is 6.54 Å². The molecule has 0 aliphatic rings. The average molecular weight is 313 g/mol. The van der Waals surface area contributed by atoms with Crippen LogP contribution in [0.2, 0.25) is 0 Å². The molecular weight excluding hydrogens is 294 g/mol. The van der Waals surface area contributed by atoms with Gasteiger partial charge in [-0.05, 0) is 23.3 Å². The fourth-order valence-electron chi connectivity index (χ4n) is 3.05. The van der Waals surface area contributed by atoms with E-state index in [4.69, 9.17) is 4.98 Å². The van der Waals surface area contributed by atoms with E-state index in [2.05, 4.69) is 70.5 Å². The van der Waals surface area contributed by atoms with Gasteiger partial charge in [0.2, 0.25) is 0 Å². The monoisotopic (exact) mass is 313 g/mol. The molecule has 1 heterocycles. The summed E-state index contributed by atoms with van der Waals surface area (Å²) >= 11 is 0. The van der Waals surface area contributed by atoms with E-state index in [9.17, 15) is 0 Å². The molecule has 3 aromatic carbocycles. The van der Waals surface area contributed by atoms with Crippen LogP contribution in [0.3, 0.4) is 0 Å². The molecule has 0 saturated heterocycles. The van der Waals surface area contributed by atoms with E-state index in [-0.39, 0.29) is 0 Å². The van der Waals surface area contributed by atoms with Crippen molar-refractivity contribution in [2.75, 3.05) is 12.4 Å². The molecule has 4 rings (SSSR count). The first-order valence-corrected chi connectivity index (χ1v) is 8.11. The lowest BCUT2D eigenvalue weighted by atomic mass is 10.0. The SMILES string of the molecule is CNc1cc(-c2ccccc2)c2ncn(Cc3ccccc3)c2c1. The fourth-order valence-corrected chi connectivity index (χ4v) is 3.05. The number of fused-ring (bicyclic) bond motifs is 1. The maximum Gasteiger partial charge on any atom is 0.0964 e. The Hall–Kier alpha value is -3.07. The Morgan fingerprint density at radius 3 is 2.33 bits per heavy atom. The highest BCUT2D eigenvalue weighted by molar-refractivity contribution is 5.95. The molecule has 0 bridgehead atoms. The first-order valence-electron chi connectivity index (χ1n) is 8.11. The number of anilines is 1. The van der Waals surface area contributed by atoms with Gasteiger partial charge >= 0.3 is 0 Å². The van der Waals surface area contributed by atoms with Gasteiger partial charge in [-0.25, -0.2) is 4.98 Å². The smallest absolute Gasteiger partial charge is 0.0964 e. The Morgan fingerprint density at radius 2 is 1.62 bits per heavy atom. The predicted molar refractivity (Wildman–Crippen MR) is 100 cm³/mol. The molecule has 0 unspecified atom stereocenters. The van der Waals surface area contributed by atoms with Crippen molar-refractivity contribution in [2.45, 2.75) is 6.54 Å². The maximum absolute atomic E-state index is 4.70. The quantitative estimate of drug-likeness (QED) is 0.587. The summed E-state index contributed by atoms with van der Waals surface area (Å²) in [5, 5.41) is 3.27. The van der Waals surface area contributed by atoms with E-state index in [0.717, 1.165) is 28.8 Å². The lowest BCUT2D eigenvalue weighted by Crippen LogP contribution is -1.98. The lowest BCUT2D eigenvalue weighted by Gasteiger charge is -2.10. The summed E-state index contributed by atoms with van der Waals surface area (Å²) in [5.74, 6) is 0. The topological polar surface area (TPSA) is 29.9 Å². The molecule has 0 fully saturated rings. The molecule has 3 nitrogen and oxygen atoms in total. The number of nitrogens with one attached hydrogen (secondary N) is 1. The van der Waals surface area contributed by atoms with Gasteiger partial charge in [0.05, 0.1) is 17.4 Å². The number of benzene rings is 3. The van der Waals surface area contributed by atoms with Gasteiger partial charge in [-0.15, -0.1) is 0 Å². The minimum atomic E-state index is 0.818. The van der Waals surface area contributed by atoms with Gasteiger partial charge in [0.1, 0.15) is 0 Å². The fraction of sp³-hybridized carbons (Fsp3) is 0.0952. The first kappa shape index (κ1) is 14.5. The van der Waals surface area contributed by atoms with Crippen LogP contribution in [0.1, 0.15) is 5.56 Å². The minimum absolute atomic E-state index is 0.818. The van der Waals surface area contributed by atoms with Crippen LogP contribution in [0.4, 0.5) is 5.69 Å². The minimum Gasteiger partial charge on any atom is -0.388 e. The van der Waals surface area contributed by atoms with E-state index in [1.807, 2.05) is 25.5 Å². The Labute approximate surface area is 141 Å². The highest BCUT2D eigenvalue weighted by atomic mass is 15.0. The van der Waals surface area contributed by atoms with Gasteiger partial charge in [-0.1, -0.05) is 60.7 Å². The van der Waals surface area contributed by atoms with Crippen LogP contribution < -0.4 is 5.32 Å². The average Bonchev–Trinajstić information content (AvgIpc) is 3.05. The summed E-state index contributed by atoms with van der Waals surface area (Å²) in [7, 11) is 1.95. The Balaban J connectivity index is 1.87. The molecular formula is C21H19N3. The third-order valence-corrected chi connectivity index (χ3v) is 4.29. The Kier molecular flexibility index (Phi) is 3.75. The van der Waals surface area contributed by atoms with Crippen molar-refractivity contribution >= 4 is 16.7 Å². The summed E-state index contributed by atoms with van der Waals surface area (Å²) in [4.78, 5) is 4.70. The maximum atomic E-state index is 4.70. The van der Waals surface area contributed by atoms with Gasteiger partial charge in [-0.2, -0.15) is 0 Å². The third-order valence-electron chi connectivity index (χ3n) is 4.29. The van der Waals surface area contributed by atoms with Crippen LogP contribution in [-0.4, -0.2) is 16.6 Å². The second kappa shape index (κ2) is 6.20. The standard InChI is InChI=1S/C21H19N3/c1-22-18-12-19(17-10-6-3-7-11-17)21-20(13-18)24(15-23-21)14-16-8-4-2-5-9-16/h2-13,15,22H,14H2,1H3. The number of hydrogen-bond donors (Lipinski definition) is 1. The van der Waals surface area contributed by atoms with E-state index >= 15 is 0 Å². The van der Waals surface area contributed by atoms with Crippen molar-refractivity contribution in [3.8, 4) is 11.1 Å². The Bertz CT molecular complexity index is 956. The summed E-state index contributed by atoms with van der Waals surface area (Å²) in [5.41, 5.74) is 6.89. The van der Waals surface area contributed by atoms with Crippen molar-refractivity contribution in [1.29, 1.82) is 0 Å². The molecule has 4 aromatic rings. The van der Waals surface area contributed by atoms with Crippen LogP contribution in [0.5, 0.6) is 0 Å². The molecule has 0 atom stereocenters. The summed E-state index contributed by atoms with van der Waals surface area (Å²) < 4.78 is 2.21. The largest absolute Gasteiger partial charge is 0.388 e.